The molecule has 2 atom stereocenters. The van der Waals surface area contributed by atoms with Crippen molar-refractivity contribution in [2.24, 2.45) is 0 Å². The van der Waals surface area contributed by atoms with E-state index in [4.69, 9.17) is 4.74 Å². The van der Waals surface area contributed by atoms with Crippen LogP contribution in [0, 0.1) is 0 Å². The highest BCUT2D eigenvalue weighted by Gasteiger charge is 2.17. The van der Waals surface area contributed by atoms with Crippen molar-refractivity contribution < 1.29 is 9.53 Å². The maximum absolute atomic E-state index is 11.8. The minimum Gasteiger partial charge on any atom is -0.377 e. The van der Waals surface area contributed by atoms with Gasteiger partial charge < -0.3 is 15.4 Å². The van der Waals surface area contributed by atoms with Crippen molar-refractivity contribution in [3.63, 3.8) is 0 Å². The van der Waals surface area contributed by atoms with Crippen LogP contribution in [0.1, 0.15) is 52.4 Å². The lowest BCUT2D eigenvalue weighted by molar-refractivity contribution is -0.122. The summed E-state index contributed by atoms with van der Waals surface area (Å²) in [6, 6.07) is -0.128. The van der Waals surface area contributed by atoms with Crippen LogP contribution < -0.4 is 10.6 Å². The van der Waals surface area contributed by atoms with E-state index in [2.05, 4.69) is 17.6 Å². The van der Waals surface area contributed by atoms with Crippen LogP contribution >= 0.6 is 0 Å². The molecular weight excluding hydrogens is 228 g/mol. The highest BCUT2D eigenvalue weighted by atomic mass is 16.5. The highest BCUT2D eigenvalue weighted by Crippen LogP contribution is 2.11. The Morgan fingerprint density at radius 3 is 2.89 bits per heavy atom. The van der Waals surface area contributed by atoms with Crippen molar-refractivity contribution in [1.82, 2.24) is 10.6 Å². The number of unbranched alkanes of at least 4 members (excludes halogenated alkanes) is 2. The molecule has 1 rings (SSSR count). The molecule has 0 aromatic rings. The molecule has 18 heavy (non-hydrogen) atoms. The van der Waals surface area contributed by atoms with Gasteiger partial charge in [-0.3, -0.25) is 4.79 Å². The van der Waals surface area contributed by atoms with Gasteiger partial charge in [0.15, 0.2) is 0 Å². The first-order valence-corrected chi connectivity index (χ1v) is 7.36. The zero-order valence-corrected chi connectivity index (χ0v) is 11.8. The van der Waals surface area contributed by atoms with E-state index in [1.165, 1.54) is 25.7 Å². The summed E-state index contributed by atoms with van der Waals surface area (Å²) >= 11 is 0. The van der Waals surface area contributed by atoms with Gasteiger partial charge in [0.1, 0.15) is 0 Å². The van der Waals surface area contributed by atoms with Crippen LogP contribution in [-0.4, -0.2) is 37.7 Å². The molecule has 1 saturated heterocycles. The molecule has 1 aliphatic heterocycles. The molecule has 106 valence electrons. The van der Waals surface area contributed by atoms with Crippen LogP contribution in [0.15, 0.2) is 0 Å². The number of carbonyl (C=O) groups excluding carboxylic acids is 1. The van der Waals surface area contributed by atoms with Crippen LogP contribution in [0.25, 0.3) is 0 Å². The summed E-state index contributed by atoms with van der Waals surface area (Å²) < 4.78 is 5.63. The number of hydrogen-bond acceptors (Lipinski definition) is 3. The van der Waals surface area contributed by atoms with Gasteiger partial charge >= 0.3 is 0 Å². The quantitative estimate of drug-likeness (QED) is 0.652. The average molecular weight is 256 g/mol. The number of amides is 1. The summed E-state index contributed by atoms with van der Waals surface area (Å²) in [7, 11) is 0. The normalized spacial score (nSPS) is 21.6. The Kier molecular flexibility index (Phi) is 8.01. The molecule has 0 aromatic heterocycles. The Hall–Kier alpha value is -0.610. The van der Waals surface area contributed by atoms with Crippen LogP contribution in [0.3, 0.4) is 0 Å². The van der Waals surface area contributed by atoms with E-state index in [-0.39, 0.29) is 18.1 Å². The summed E-state index contributed by atoms with van der Waals surface area (Å²) in [6.07, 6.45) is 7.24. The zero-order valence-electron chi connectivity index (χ0n) is 11.8. The fraction of sp³-hybridized carbons (Fsp3) is 0.929. The van der Waals surface area contributed by atoms with Gasteiger partial charge in [0.25, 0.3) is 0 Å². The monoisotopic (exact) mass is 256 g/mol. The standard InChI is InChI=1S/C14H28N2O2/c1-3-4-6-9-15-14(17)12(2)16-11-13-8-5-7-10-18-13/h12-13,16H,3-11H2,1-2H3,(H,15,17). The molecule has 0 saturated carbocycles. The Labute approximate surface area is 111 Å². The first kappa shape index (κ1) is 15.4. The largest absolute Gasteiger partial charge is 0.377 e. The van der Waals surface area contributed by atoms with Crippen molar-refractivity contribution in [3.05, 3.63) is 0 Å². The van der Waals surface area contributed by atoms with Crippen LogP contribution in [0.2, 0.25) is 0 Å². The summed E-state index contributed by atoms with van der Waals surface area (Å²) in [5, 5.41) is 6.22. The van der Waals surface area contributed by atoms with Gasteiger partial charge in [0.2, 0.25) is 5.91 Å². The topological polar surface area (TPSA) is 50.4 Å². The van der Waals surface area contributed by atoms with Crippen LogP contribution in [0.4, 0.5) is 0 Å². The third-order valence-electron chi connectivity index (χ3n) is 3.40. The third-order valence-corrected chi connectivity index (χ3v) is 3.40. The van der Waals surface area contributed by atoms with Gasteiger partial charge in [-0.15, -0.1) is 0 Å². The van der Waals surface area contributed by atoms with Crippen molar-refractivity contribution in [2.75, 3.05) is 19.7 Å². The van der Waals surface area contributed by atoms with Gasteiger partial charge in [-0.05, 0) is 32.6 Å². The summed E-state index contributed by atoms with van der Waals surface area (Å²) in [5.41, 5.74) is 0. The molecule has 0 radical (unpaired) electrons. The van der Waals surface area contributed by atoms with Crippen molar-refractivity contribution in [1.29, 1.82) is 0 Å². The number of ether oxygens (including phenoxy) is 1. The first-order valence-electron chi connectivity index (χ1n) is 7.36. The molecule has 2 N–H and O–H groups in total. The Bertz CT molecular complexity index is 228. The summed E-state index contributed by atoms with van der Waals surface area (Å²) in [5.74, 6) is 0.0990. The molecule has 4 heteroatoms. The number of hydrogen-bond donors (Lipinski definition) is 2. The van der Waals surface area contributed by atoms with E-state index in [1.807, 2.05) is 6.92 Å². The van der Waals surface area contributed by atoms with E-state index < -0.39 is 0 Å². The maximum atomic E-state index is 11.8. The fourth-order valence-electron chi connectivity index (χ4n) is 2.11. The second-order valence-corrected chi connectivity index (χ2v) is 5.12. The lowest BCUT2D eigenvalue weighted by Crippen LogP contribution is -2.45. The Balaban J connectivity index is 2.07. The molecule has 0 spiro atoms. The van der Waals surface area contributed by atoms with Crippen molar-refractivity contribution >= 4 is 5.91 Å². The lowest BCUT2D eigenvalue weighted by Gasteiger charge is -2.24. The molecule has 0 bridgehead atoms. The first-order chi connectivity index (χ1) is 8.74. The maximum Gasteiger partial charge on any atom is 0.236 e. The Morgan fingerprint density at radius 1 is 1.39 bits per heavy atom. The molecule has 0 aliphatic carbocycles. The van der Waals surface area contributed by atoms with Gasteiger partial charge in [-0.25, -0.2) is 0 Å². The van der Waals surface area contributed by atoms with E-state index in [0.717, 1.165) is 32.5 Å². The van der Waals surface area contributed by atoms with Crippen LogP contribution in [0.5, 0.6) is 0 Å². The number of carbonyl (C=O) groups is 1. The molecule has 1 heterocycles. The molecule has 2 unspecified atom stereocenters. The van der Waals surface area contributed by atoms with E-state index >= 15 is 0 Å². The van der Waals surface area contributed by atoms with Crippen LogP contribution in [-0.2, 0) is 9.53 Å². The fourth-order valence-corrected chi connectivity index (χ4v) is 2.11. The predicted octanol–water partition coefficient (Wildman–Crippen LogP) is 1.84. The van der Waals surface area contributed by atoms with Crippen molar-refractivity contribution in [2.45, 2.75) is 64.5 Å². The number of rotatable bonds is 8. The van der Waals surface area contributed by atoms with Gasteiger partial charge in [-0.1, -0.05) is 19.8 Å². The van der Waals surface area contributed by atoms with Gasteiger partial charge in [-0.2, -0.15) is 0 Å². The third kappa shape index (κ3) is 6.36. The average Bonchev–Trinajstić information content (AvgIpc) is 2.42. The summed E-state index contributed by atoms with van der Waals surface area (Å²) in [6.45, 7) is 6.51. The molecule has 4 nitrogen and oxygen atoms in total. The minimum absolute atomic E-state index is 0.0990. The zero-order chi connectivity index (χ0) is 13.2. The molecule has 1 amide bonds. The highest BCUT2D eigenvalue weighted by molar-refractivity contribution is 5.81. The van der Waals surface area contributed by atoms with Crippen molar-refractivity contribution in [3.8, 4) is 0 Å². The van der Waals surface area contributed by atoms with E-state index in [1.54, 1.807) is 0 Å². The van der Waals surface area contributed by atoms with E-state index in [9.17, 15) is 4.79 Å². The Morgan fingerprint density at radius 2 is 2.22 bits per heavy atom. The lowest BCUT2D eigenvalue weighted by atomic mass is 10.1. The predicted molar refractivity (Wildman–Crippen MR) is 73.6 cm³/mol. The molecular formula is C14H28N2O2. The smallest absolute Gasteiger partial charge is 0.236 e. The number of nitrogens with one attached hydrogen (secondary N) is 2. The second-order valence-electron chi connectivity index (χ2n) is 5.12. The van der Waals surface area contributed by atoms with Gasteiger partial charge in [0.05, 0.1) is 12.1 Å². The summed E-state index contributed by atoms with van der Waals surface area (Å²) in [4.78, 5) is 11.8. The van der Waals surface area contributed by atoms with E-state index in [0.29, 0.717) is 0 Å². The second kappa shape index (κ2) is 9.34. The van der Waals surface area contributed by atoms with Gasteiger partial charge in [0, 0.05) is 19.7 Å². The molecule has 1 aliphatic rings. The minimum atomic E-state index is -0.128. The molecule has 1 fully saturated rings. The SMILES string of the molecule is CCCCCNC(=O)C(C)NCC1CCCCO1. The molecule has 0 aromatic carbocycles.